The van der Waals surface area contributed by atoms with Crippen LogP contribution in [0.5, 0.6) is 11.5 Å². The quantitative estimate of drug-likeness (QED) is 0.104. The third-order valence-corrected chi connectivity index (χ3v) is 7.43. The summed E-state index contributed by atoms with van der Waals surface area (Å²) >= 11 is 6.57. The molecule has 3 aromatic carbocycles. The van der Waals surface area contributed by atoms with Crippen molar-refractivity contribution in [3.05, 3.63) is 109 Å². The number of terminal acetylenes is 1. The smallest absolute Gasteiger partial charge is 0.359 e. The second-order valence-electron chi connectivity index (χ2n) is 10.1. The summed E-state index contributed by atoms with van der Waals surface area (Å²) in [5.74, 6) is -1.08. The van der Waals surface area contributed by atoms with E-state index in [1.807, 2.05) is 6.92 Å². The first-order chi connectivity index (χ1) is 22.2. The Kier molecular flexibility index (Phi) is 9.63. The van der Waals surface area contributed by atoms with Crippen molar-refractivity contribution in [1.82, 2.24) is 19.1 Å². The van der Waals surface area contributed by atoms with E-state index in [9.17, 15) is 22.8 Å². The Bertz CT molecular complexity index is 2100. The average Bonchev–Trinajstić information content (AvgIpc) is 3.03. The maximum atomic E-state index is 14.9. The predicted molar refractivity (Wildman–Crippen MR) is 169 cm³/mol. The number of rotatable bonds is 11. The predicted octanol–water partition coefficient (Wildman–Crippen LogP) is 6.17. The second kappa shape index (κ2) is 13.8. The number of anilines is 2. The molecule has 0 aliphatic carbocycles. The van der Waals surface area contributed by atoms with Gasteiger partial charge in [0, 0.05) is 47.2 Å². The molecular weight excluding hydrogens is 623 g/mol. The molecule has 0 saturated heterocycles. The second-order valence-corrected chi connectivity index (χ2v) is 10.6. The molecule has 0 fully saturated rings. The largest absolute Gasteiger partial charge is 0.497 e. The summed E-state index contributed by atoms with van der Waals surface area (Å²) in [6, 6.07) is 9.27. The molecule has 46 heavy (non-hydrogen) atoms. The number of nitrogens with zero attached hydrogens (tertiary/aromatic N) is 4. The molecule has 5 rings (SSSR count). The van der Waals surface area contributed by atoms with Gasteiger partial charge in [-0.05, 0) is 18.1 Å². The first kappa shape index (κ1) is 32.1. The number of hydrogen-bond acceptors (Lipinski definition) is 7. The van der Waals surface area contributed by atoms with E-state index >= 15 is 0 Å². The van der Waals surface area contributed by atoms with Gasteiger partial charge >= 0.3 is 11.4 Å². The minimum atomic E-state index is -1.41. The molecule has 2 aromatic heterocycles. The van der Waals surface area contributed by atoms with E-state index in [-0.39, 0.29) is 40.1 Å². The maximum absolute atomic E-state index is 14.9. The molecule has 5 aromatic rings. The Labute approximate surface area is 266 Å². The van der Waals surface area contributed by atoms with E-state index in [1.54, 1.807) is 30.5 Å². The maximum Gasteiger partial charge on any atom is 0.359 e. The van der Waals surface area contributed by atoms with Crippen LogP contribution >= 0.6 is 11.6 Å². The van der Waals surface area contributed by atoms with Crippen LogP contribution in [0, 0.1) is 29.8 Å². The highest BCUT2D eigenvalue weighted by Crippen LogP contribution is 2.38. The van der Waals surface area contributed by atoms with Crippen molar-refractivity contribution >= 4 is 34.0 Å². The molecule has 0 bridgehead atoms. The number of halogens is 4. The van der Waals surface area contributed by atoms with Crippen LogP contribution in [-0.2, 0) is 13.0 Å². The van der Waals surface area contributed by atoms with Gasteiger partial charge in [-0.3, -0.25) is 9.55 Å². The van der Waals surface area contributed by atoms with Crippen molar-refractivity contribution in [1.29, 1.82) is 0 Å². The number of unbranched alkanes of at least 4 members (excludes halogenated alkanes) is 1. The van der Waals surface area contributed by atoms with Gasteiger partial charge in [0.25, 0.3) is 0 Å². The SMILES string of the molecule is C#CCc1cccc2cncc(-n3c(=O)nc(Nc4c(Cl)cc(OC)cc4OCCCC)n(Cc4cc(F)c(F)cc4F)c3=O)c12. The lowest BCUT2D eigenvalue weighted by molar-refractivity contribution is 0.308. The zero-order valence-corrected chi connectivity index (χ0v) is 25.5. The first-order valence-corrected chi connectivity index (χ1v) is 14.5. The molecule has 1 N–H and O–H groups in total. The molecule has 0 aliphatic rings. The molecule has 13 heteroatoms. The zero-order chi connectivity index (χ0) is 33.0. The van der Waals surface area contributed by atoms with Gasteiger partial charge < -0.3 is 14.8 Å². The number of ether oxygens (including phenoxy) is 2. The van der Waals surface area contributed by atoms with Gasteiger partial charge in [-0.15, -0.1) is 12.3 Å². The molecule has 2 heterocycles. The van der Waals surface area contributed by atoms with Crippen LogP contribution in [0.3, 0.4) is 0 Å². The van der Waals surface area contributed by atoms with E-state index in [1.165, 1.54) is 19.4 Å². The molecule has 0 saturated carbocycles. The van der Waals surface area contributed by atoms with Crippen molar-refractivity contribution in [2.75, 3.05) is 19.0 Å². The fraction of sp³-hybridized carbons (Fsp3) is 0.212. The van der Waals surface area contributed by atoms with Gasteiger partial charge in [0.05, 0.1) is 37.2 Å². The molecule has 9 nitrogen and oxygen atoms in total. The molecule has 236 valence electrons. The van der Waals surface area contributed by atoms with Crippen LogP contribution in [-0.4, -0.2) is 32.8 Å². The van der Waals surface area contributed by atoms with E-state index in [2.05, 4.69) is 21.2 Å². The summed E-state index contributed by atoms with van der Waals surface area (Å²) in [7, 11) is 1.45. The lowest BCUT2D eigenvalue weighted by Gasteiger charge is -2.20. The number of aromatic nitrogens is 4. The number of fused-ring (bicyclic) bond motifs is 1. The monoisotopic (exact) mass is 649 g/mol. The molecular formula is C33H27ClF3N5O4. The standard InChI is InChI=1S/C33H27ClF3N5O4/c1-4-6-11-46-28-14-22(45-3)13-23(34)30(28)39-31-40-32(43)42(27-17-38-16-20-10-7-9-19(8-5-2)29(20)27)33(44)41(31)18-21-12-25(36)26(37)15-24(21)35/h2,7,9-10,12-17H,4,6,8,11,18H2,1,3H3,(H,39,40,43). The summed E-state index contributed by atoms with van der Waals surface area (Å²) in [5, 5.41) is 4.04. The van der Waals surface area contributed by atoms with Crippen molar-refractivity contribution in [3.8, 4) is 29.5 Å². The number of methoxy groups -OCH3 is 1. The van der Waals surface area contributed by atoms with Gasteiger partial charge in [-0.2, -0.15) is 4.98 Å². The summed E-state index contributed by atoms with van der Waals surface area (Å²) in [6.07, 6.45) is 10.2. The highest BCUT2D eigenvalue weighted by atomic mass is 35.5. The van der Waals surface area contributed by atoms with Gasteiger partial charge in [0.2, 0.25) is 5.95 Å². The molecule has 0 atom stereocenters. The minimum absolute atomic E-state index is 0.0722. The number of pyridine rings is 1. The fourth-order valence-corrected chi connectivity index (χ4v) is 5.11. The van der Waals surface area contributed by atoms with Crippen molar-refractivity contribution in [2.45, 2.75) is 32.7 Å². The summed E-state index contributed by atoms with van der Waals surface area (Å²) in [6.45, 7) is 1.63. The molecule has 0 amide bonds. The van der Waals surface area contributed by atoms with E-state index in [4.69, 9.17) is 27.5 Å². The van der Waals surface area contributed by atoms with Crippen LogP contribution in [0.4, 0.5) is 24.8 Å². The summed E-state index contributed by atoms with van der Waals surface area (Å²) in [5.41, 5.74) is -1.55. The number of hydrogen-bond donors (Lipinski definition) is 1. The fourth-order valence-electron chi connectivity index (χ4n) is 4.86. The summed E-state index contributed by atoms with van der Waals surface area (Å²) < 4.78 is 55.8. The third kappa shape index (κ3) is 6.41. The molecule has 0 spiro atoms. The van der Waals surface area contributed by atoms with Gasteiger partial charge in [0.15, 0.2) is 11.6 Å². The van der Waals surface area contributed by atoms with Crippen molar-refractivity contribution in [2.24, 2.45) is 0 Å². The molecule has 0 unspecified atom stereocenters. The van der Waals surface area contributed by atoms with E-state index < -0.39 is 35.4 Å². The number of benzene rings is 3. The highest BCUT2D eigenvalue weighted by molar-refractivity contribution is 6.33. The van der Waals surface area contributed by atoms with Crippen molar-refractivity contribution in [3.63, 3.8) is 0 Å². The molecule has 0 aliphatic heterocycles. The average molecular weight is 650 g/mol. The topological polar surface area (TPSA) is 100 Å². The summed E-state index contributed by atoms with van der Waals surface area (Å²) in [4.78, 5) is 36.3. The first-order valence-electron chi connectivity index (χ1n) is 14.1. The van der Waals surface area contributed by atoms with Gasteiger partial charge in [-0.25, -0.2) is 27.3 Å². The van der Waals surface area contributed by atoms with Crippen molar-refractivity contribution < 1.29 is 22.6 Å². The zero-order valence-electron chi connectivity index (χ0n) is 24.7. The van der Waals surface area contributed by atoms with Crippen LogP contribution in [0.2, 0.25) is 5.02 Å². The number of nitrogens with one attached hydrogen (secondary N) is 1. The Balaban J connectivity index is 1.76. The molecule has 0 radical (unpaired) electrons. The Morgan fingerprint density at radius 1 is 1.04 bits per heavy atom. The van der Waals surface area contributed by atoms with Gasteiger partial charge in [0.1, 0.15) is 23.0 Å². The normalized spacial score (nSPS) is 11.0. The van der Waals surface area contributed by atoms with E-state index in [0.29, 0.717) is 47.2 Å². The lowest BCUT2D eigenvalue weighted by Crippen LogP contribution is -2.42. The van der Waals surface area contributed by atoms with Crippen LogP contribution in [0.1, 0.15) is 30.9 Å². The Hall–Kier alpha value is -5.28. The van der Waals surface area contributed by atoms with Gasteiger partial charge in [-0.1, -0.05) is 43.1 Å². The minimum Gasteiger partial charge on any atom is -0.497 e. The van der Waals surface area contributed by atoms with Crippen LogP contribution in [0.25, 0.3) is 16.5 Å². The highest BCUT2D eigenvalue weighted by Gasteiger charge is 2.22. The Morgan fingerprint density at radius 3 is 2.57 bits per heavy atom. The third-order valence-electron chi connectivity index (χ3n) is 7.13. The van der Waals surface area contributed by atoms with Crippen LogP contribution in [0.15, 0.2) is 64.4 Å². The Morgan fingerprint density at radius 2 is 1.83 bits per heavy atom. The van der Waals surface area contributed by atoms with Crippen LogP contribution < -0.4 is 26.2 Å². The lowest BCUT2D eigenvalue weighted by atomic mass is 10.0. The van der Waals surface area contributed by atoms with E-state index in [0.717, 1.165) is 15.6 Å².